The molecule has 3 rings (SSSR count). The van der Waals surface area contributed by atoms with E-state index in [4.69, 9.17) is 4.52 Å². The monoisotopic (exact) mass is 308 g/mol. The Morgan fingerprint density at radius 2 is 1.90 bits per heavy atom. The normalized spacial score (nSPS) is 11.9. The highest BCUT2D eigenvalue weighted by Gasteiger charge is 2.24. The van der Waals surface area contributed by atoms with E-state index >= 15 is 0 Å². The molecule has 1 aromatic carbocycles. The first-order chi connectivity index (χ1) is 9.87. The Hall–Kier alpha value is -2.55. The van der Waals surface area contributed by atoms with Crippen LogP contribution in [0, 0.1) is 13.8 Å². The molecule has 2 heterocycles. The van der Waals surface area contributed by atoms with Gasteiger partial charge in [0.2, 0.25) is 0 Å². The topological polar surface area (TPSA) is 121 Å². The number of rotatable bonds is 3. The number of hydrogen-bond acceptors (Lipinski definition) is 5. The number of nitrogens with zero attached hydrogens (tertiary/aromatic N) is 1. The molecule has 0 amide bonds. The number of aromatic nitrogens is 3. The lowest BCUT2D eigenvalue weighted by atomic mass is 10.3. The number of fused-ring (bicyclic) bond motifs is 1. The van der Waals surface area contributed by atoms with Crippen LogP contribution in [-0.2, 0) is 10.0 Å². The van der Waals surface area contributed by atoms with Crippen LogP contribution in [0.4, 0.5) is 5.69 Å². The smallest absolute Gasteiger partial charge is 0.323 e. The van der Waals surface area contributed by atoms with Crippen LogP contribution in [0.2, 0.25) is 0 Å². The van der Waals surface area contributed by atoms with E-state index in [1.165, 1.54) is 13.0 Å². The fourth-order valence-electron chi connectivity index (χ4n) is 2.16. The molecule has 9 heteroatoms. The van der Waals surface area contributed by atoms with E-state index in [1.807, 2.05) is 0 Å². The molecule has 0 bridgehead atoms. The van der Waals surface area contributed by atoms with Gasteiger partial charge in [0.25, 0.3) is 10.0 Å². The fourth-order valence-corrected chi connectivity index (χ4v) is 3.54. The highest BCUT2D eigenvalue weighted by Crippen LogP contribution is 2.23. The molecule has 8 nitrogen and oxygen atoms in total. The maximum atomic E-state index is 12.4. The third-order valence-electron chi connectivity index (χ3n) is 3.00. The van der Waals surface area contributed by atoms with Crippen LogP contribution in [-0.4, -0.2) is 23.5 Å². The number of anilines is 1. The SMILES string of the molecule is Cc1noc(C)c1S(=O)(=O)Nc1ccc2[nH]c(=O)[nH]c2c1. The highest BCUT2D eigenvalue weighted by molar-refractivity contribution is 7.92. The molecule has 0 aliphatic heterocycles. The highest BCUT2D eigenvalue weighted by atomic mass is 32.2. The maximum absolute atomic E-state index is 12.4. The average molecular weight is 308 g/mol. The van der Waals surface area contributed by atoms with Crippen molar-refractivity contribution in [3.63, 3.8) is 0 Å². The molecular formula is C12H12N4O4S. The fraction of sp³-hybridized carbons (Fsp3) is 0.167. The van der Waals surface area contributed by atoms with Crippen LogP contribution in [0.1, 0.15) is 11.5 Å². The van der Waals surface area contributed by atoms with Gasteiger partial charge in [0, 0.05) is 0 Å². The number of imidazole rings is 1. The summed E-state index contributed by atoms with van der Waals surface area (Å²) in [4.78, 5) is 16.4. The Labute approximate surface area is 119 Å². The number of aromatic amines is 2. The molecule has 3 N–H and O–H groups in total. The van der Waals surface area contributed by atoms with Crippen LogP contribution < -0.4 is 10.4 Å². The number of H-pyrrole nitrogens is 2. The van der Waals surface area contributed by atoms with E-state index in [2.05, 4.69) is 19.8 Å². The van der Waals surface area contributed by atoms with E-state index in [0.29, 0.717) is 16.7 Å². The van der Waals surface area contributed by atoms with E-state index in [0.717, 1.165) is 0 Å². The van der Waals surface area contributed by atoms with E-state index in [1.54, 1.807) is 19.1 Å². The second-order valence-corrected chi connectivity index (χ2v) is 6.22. The minimum atomic E-state index is -3.80. The molecule has 0 atom stereocenters. The van der Waals surface area contributed by atoms with Gasteiger partial charge < -0.3 is 14.5 Å². The van der Waals surface area contributed by atoms with Gasteiger partial charge in [0.1, 0.15) is 5.69 Å². The maximum Gasteiger partial charge on any atom is 0.323 e. The molecule has 0 saturated carbocycles. The van der Waals surface area contributed by atoms with Gasteiger partial charge >= 0.3 is 5.69 Å². The van der Waals surface area contributed by atoms with Crippen LogP contribution in [0.5, 0.6) is 0 Å². The van der Waals surface area contributed by atoms with Crippen molar-refractivity contribution in [1.29, 1.82) is 0 Å². The number of aryl methyl sites for hydroxylation is 2. The van der Waals surface area contributed by atoms with Gasteiger partial charge in [-0.25, -0.2) is 13.2 Å². The van der Waals surface area contributed by atoms with Gasteiger partial charge in [-0.1, -0.05) is 5.16 Å². The lowest BCUT2D eigenvalue weighted by Crippen LogP contribution is -2.14. The number of hydrogen-bond donors (Lipinski definition) is 3. The second-order valence-electron chi connectivity index (χ2n) is 4.60. The van der Waals surface area contributed by atoms with Crippen molar-refractivity contribution in [2.24, 2.45) is 0 Å². The summed E-state index contributed by atoms with van der Waals surface area (Å²) in [6, 6.07) is 4.70. The standard InChI is InChI=1S/C12H12N4O4S/c1-6-11(7(2)20-15-6)21(18,19)16-8-3-4-9-10(5-8)14-12(17)13-9/h3-5,16H,1-2H3,(H2,13,14,17). The summed E-state index contributed by atoms with van der Waals surface area (Å²) in [6.07, 6.45) is 0. The summed E-state index contributed by atoms with van der Waals surface area (Å²) in [5.74, 6) is 0.219. The molecule has 110 valence electrons. The molecule has 2 aromatic heterocycles. The first-order valence-electron chi connectivity index (χ1n) is 6.04. The first kappa shape index (κ1) is 13.4. The predicted octanol–water partition coefficient (Wildman–Crippen LogP) is 1.26. The largest absolute Gasteiger partial charge is 0.360 e. The van der Waals surface area contributed by atoms with Crippen molar-refractivity contribution in [3.8, 4) is 0 Å². The average Bonchev–Trinajstić information content (AvgIpc) is 2.90. The summed E-state index contributed by atoms with van der Waals surface area (Å²) >= 11 is 0. The van der Waals surface area contributed by atoms with Gasteiger partial charge in [0.15, 0.2) is 10.7 Å². The van der Waals surface area contributed by atoms with Gasteiger partial charge in [-0.2, -0.15) is 0 Å². The Morgan fingerprint density at radius 1 is 1.19 bits per heavy atom. The Kier molecular flexibility index (Phi) is 2.87. The first-order valence-corrected chi connectivity index (χ1v) is 7.53. The lowest BCUT2D eigenvalue weighted by Gasteiger charge is -2.07. The number of sulfonamides is 1. The summed E-state index contributed by atoms with van der Waals surface area (Å²) in [5, 5.41) is 3.63. The van der Waals surface area contributed by atoms with Crippen molar-refractivity contribution in [2.45, 2.75) is 18.7 Å². The summed E-state index contributed by atoms with van der Waals surface area (Å²) < 4.78 is 32.0. The lowest BCUT2D eigenvalue weighted by molar-refractivity contribution is 0.390. The van der Waals surface area contributed by atoms with Crippen molar-refractivity contribution >= 4 is 26.7 Å². The molecule has 0 saturated heterocycles. The van der Waals surface area contributed by atoms with Crippen LogP contribution in [0.3, 0.4) is 0 Å². The Bertz CT molecular complexity index is 961. The van der Waals surface area contributed by atoms with Gasteiger partial charge in [-0.05, 0) is 32.0 Å². The zero-order chi connectivity index (χ0) is 15.2. The van der Waals surface area contributed by atoms with Crippen molar-refractivity contribution in [1.82, 2.24) is 15.1 Å². The van der Waals surface area contributed by atoms with Crippen LogP contribution in [0.15, 0.2) is 32.4 Å². The Morgan fingerprint density at radius 3 is 2.57 bits per heavy atom. The minimum Gasteiger partial charge on any atom is -0.360 e. The molecule has 0 spiro atoms. The van der Waals surface area contributed by atoms with E-state index < -0.39 is 10.0 Å². The molecule has 0 aliphatic rings. The molecular weight excluding hydrogens is 296 g/mol. The van der Waals surface area contributed by atoms with Crippen molar-refractivity contribution < 1.29 is 12.9 Å². The van der Waals surface area contributed by atoms with Crippen molar-refractivity contribution in [2.75, 3.05) is 4.72 Å². The predicted molar refractivity (Wildman–Crippen MR) is 75.7 cm³/mol. The quantitative estimate of drug-likeness (QED) is 0.672. The molecule has 0 radical (unpaired) electrons. The zero-order valence-electron chi connectivity index (χ0n) is 11.2. The van der Waals surface area contributed by atoms with Crippen LogP contribution >= 0.6 is 0 Å². The summed E-state index contributed by atoms with van der Waals surface area (Å²) in [5.41, 5.74) is 1.38. The molecule has 21 heavy (non-hydrogen) atoms. The van der Waals surface area contributed by atoms with E-state index in [-0.39, 0.29) is 22.0 Å². The minimum absolute atomic E-state index is 0.0187. The molecule has 3 aromatic rings. The van der Waals surface area contributed by atoms with Gasteiger partial charge in [-0.15, -0.1) is 0 Å². The summed E-state index contributed by atoms with van der Waals surface area (Å²) in [6.45, 7) is 3.08. The van der Waals surface area contributed by atoms with Crippen LogP contribution in [0.25, 0.3) is 11.0 Å². The number of nitrogens with one attached hydrogen (secondary N) is 3. The number of benzene rings is 1. The zero-order valence-corrected chi connectivity index (χ0v) is 12.0. The summed E-state index contributed by atoms with van der Waals surface area (Å²) in [7, 11) is -3.80. The van der Waals surface area contributed by atoms with Gasteiger partial charge in [0.05, 0.1) is 16.7 Å². The molecule has 0 aliphatic carbocycles. The molecule has 0 fully saturated rings. The third-order valence-corrected chi connectivity index (χ3v) is 4.63. The second kappa shape index (κ2) is 4.48. The molecule has 0 unspecified atom stereocenters. The van der Waals surface area contributed by atoms with Crippen molar-refractivity contribution in [3.05, 3.63) is 40.1 Å². The Balaban J connectivity index is 2.03. The van der Waals surface area contributed by atoms with E-state index in [9.17, 15) is 13.2 Å². The van der Waals surface area contributed by atoms with Gasteiger partial charge in [-0.3, -0.25) is 4.72 Å². The third kappa shape index (κ3) is 2.31.